The van der Waals surface area contributed by atoms with Gasteiger partial charge in [-0.1, -0.05) is 36.4 Å². The number of nitrogen functional groups attached to an aromatic ring is 1. The summed E-state index contributed by atoms with van der Waals surface area (Å²) in [6.07, 6.45) is 0. The molecule has 8 heteroatoms. The highest BCUT2D eigenvalue weighted by atomic mass is 16.6. The van der Waals surface area contributed by atoms with E-state index in [1.807, 2.05) is 63.2 Å². The molecule has 3 rings (SSSR count). The molecule has 0 radical (unpaired) electrons. The number of aromatic nitrogens is 3. The summed E-state index contributed by atoms with van der Waals surface area (Å²) in [7, 11) is 0. The number of carbonyl (C=O) groups excluding carboxylic acids is 1. The predicted molar refractivity (Wildman–Crippen MR) is 110 cm³/mol. The lowest BCUT2D eigenvalue weighted by Gasteiger charge is -2.12. The lowest BCUT2D eigenvalue weighted by atomic mass is 10.1. The maximum Gasteiger partial charge on any atom is 0.344 e. The molecule has 0 unspecified atom stereocenters. The van der Waals surface area contributed by atoms with Crippen molar-refractivity contribution < 1.29 is 14.3 Å². The third kappa shape index (κ3) is 5.41. The van der Waals surface area contributed by atoms with Crippen molar-refractivity contribution in [2.75, 3.05) is 17.7 Å². The second kappa shape index (κ2) is 9.01. The molecule has 8 nitrogen and oxygen atoms in total. The van der Waals surface area contributed by atoms with Crippen LogP contribution in [0.3, 0.4) is 0 Å². The molecule has 0 amide bonds. The van der Waals surface area contributed by atoms with Crippen LogP contribution in [0.5, 0.6) is 5.75 Å². The van der Waals surface area contributed by atoms with Gasteiger partial charge in [0.15, 0.2) is 19.0 Å². The molecule has 3 N–H and O–H groups in total. The minimum absolute atomic E-state index is 0.0360. The molecule has 2 aromatic carbocycles. The summed E-state index contributed by atoms with van der Waals surface area (Å²) in [6, 6.07) is 13.5. The second-order valence-electron chi connectivity index (χ2n) is 6.54. The van der Waals surface area contributed by atoms with E-state index in [9.17, 15) is 4.79 Å². The van der Waals surface area contributed by atoms with E-state index < -0.39 is 5.97 Å². The number of nitrogens with two attached hydrogens (primary N) is 1. The van der Waals surface area contributed by atoms with Crippen molar-refractivity contribution in [3.63, 3.8) is 0 Å². The van der Waals surface area contributed by atoms with Gasteiger partial charge in [0.1, 0.15) is 5.75 Å². The van der Waals surface area contributed by atoms with Crippen LogP contribution in [-0.4, -0.2) is 27.5 Å². The van der Waals surface area contributed by atoms with Gasteiger partial charge in [-0.05, 0) is 43.5 Å². The number of rotatable bonds is 7. The molecule has 0 aliphatic carbocycles. The van der Waals surface area contributed by atoms with Gasteiger partial charge in [-0.25, -0.2) is 4.79 Å². The molecule has 0 atom stereocenters. The number of nitrogens with zero attached hydrogens (tertiary/aromatic N) is 3. The van der Waals surface area contributed by atoms with E-state index in [1.54, 1.807) is 0 Å². The number of hydrogen-bond donors (Lipinski definition) is 2. The number of anilines is 3. The first-order valence-electron chi connectivity index (χ1n) is 9.10. The predicted octanol–water partition coefficient (Wildman–Crippen LogP) is 3.24. The molecule has 1 heterocycles. The topological polar surface area (TPSA) is 112 Å². The number of aryl methyl sites for hydroxylation is 3. The Balaban J connectivity index is 1.59. The van der Waals surface area contributed by atoms with Crippen molar-refractivity contribution in [2.24, 2.45) is 0 Å². The molecular formula is C21H23N5O3. The van der Waals surface area contributed by atoms with Gasteiger partial charge in [0.2, 0.25) is 11.9 Å². The summed E-state index contributed by atoms with van der Waals surface area (Å²) in [5.74, 6) is 0.714. The van der Waals surface area contributed by atoms with E-state index in [-0.39, 0.29) is 30.9 Å². The van der Waals surface area contributed by atoms with E-state index in [0.717, 1.165) is 22.4 Å². The van der Waals surface area contributed by atoms with Crippen LogP contribution in [0.2, 0.25) is 0 Å². The fourth-order valence-corrected chi connectivity index (χ4v) is 2.74. The average Bonchev–Trinajstić information content (AvgIpc) is 2.67. The lowest BCUT2D eigenvalue weighted by Crippen LogP contribution is -2.17. The normalized spacial score (nSPS) is 10.4. The maximum absolute atomic E-state index is 12.1. The van der Waals surface area contributed by atoms with Crippen LogP contribution >= 0.6 is 0 Å². The number of hydrogen-bond acceptors (Lipinski definition) is 8. The Morgan fingerprint density at radius 2 is 1.66 bits per heavy atom. The summed E-state index contributed by atoms with van der Waals surface area (Å²) < 4.78 is 10.8. The molecule has 0 bridgehead atoms. The minimum Gasteiger partial charge on any atom is -0.481 e. The number of esters is 1. The van der Waals surface area contributed by atoms with E-state index in [1.165, 1.54) is 0 Å². The van der Waals surface area contributed by atoms with Crippen LogP contribution in [0.15, 0.2) is 42.5 Å². The highest BCUT2D eigenvalue weighted by Gasteiger charge is 2.11. The largest absolute Gasteiger partial charge is 0.481 e. The Morgan fingerprint density at radius 1 is 0.966 bits per heavy atom. The quantitative estimate of drug-likeness (QED) is 0.588. The average molecular weight is 393 g/mol. The summed E-state index contributed by atoms with van der Waals surface area (Å²) in [5, 5.41) is 3.09. The summed E-state index contributed by atoms with van der Waals surface area (Å²) in [6.45, 7) is 5.46. The summed E-state index contributed by atoms with van der Waals surface area (Å²) in [5.41, 5.74) is 9.55. The van der Waals surface area contributed by atoms with Crippen molar-refractivity contribution >= 4 is 23.6 Å². The van der Waals surface area contributed by atoms with E-state index in [4.69, 9.17) is 15.2 Å². The first-order valence-corrected chi connectivity index (χ1v) is 9.10. The molecule has 0 saturated carbocycles. The molecular weight excluding hydrogens is 370 g/mol. The Morgan fingerprint density at radius 3 is 2.38 bits per heavy atom. The maximum atomic E-state index is 12.1. The van der Waals surface area contributed by atoms with Crippen molar-refractivity contribution in [1.29, 1.82) is 0 Å². The molecule has 150 valence electrons. The third-order valence-corrected chi connectivity index (χ3v) is 4.20. The number of carbonyl (C=O) groups is 1. The first kappa shape index (κ1) is 20.1. The van der Waals surface area contributed by atoms with Gasteiger partial charge in [-0.15, -0.1) is 0 Å². The van der Waals surface area contributed by atoms with Crippen molar-refractivity contribution in [1.82, 2.24) is 15.0 Å². The zero-order valence-corrected chi connectivity index (χ0v) is 16.6. The Labute approximate surface area is 169 Å². The molecule has 0 aliphatic heterocycles. The van der Waals surface area contributed by atoms with Crippen LogP contribution in [-0.2, 0) is 16.1 Å². The van der Waals surface area contributed by atoms with Crippen LogP contribution in [0, 0.1) is 20.8 Å². The highest BCUT2D eigenvalue weighted by molar-refractivity contribution is 5.71. The molecule has 0 saturated heterocycles. The van der Waals surface area contributed by atoms with E-state index in [0.29, 0.717) is 5.75 Å². The molecule has 0 aliphatic rings. The van der Waals surface area contributed by atoms with Crippen molar-refractivity contribution in [3.05, 3.63) is 65.0 Å². The Hall–Kier alpha value is -3.68. The number of benzene rings is 2. The van der Waals surface area contributed by atoms with Gasteiger partial charge in [0.25, 0.3) is 0 Å². The zero-order valence-electron chi connectivity index (χ0n) is 16.6. The van der Waals surface area contributed by atoms with Crippen molar-refractivity contribution in [3.8, 4) is 5.75 Å². The Kier molecular flexibility index (Phi) is 6.23. The number of ether oxygens (including phenoxy) is 2. The molecule has 0 fully saturated rings. The molecule has 3 aromatic rings. The first-order chi connectivity index (χ1) is 13.9. The van der Waals surface area contributed by atoms with Gasteiger partial charge in [0.05, 0.1) is 0 Å². The third-order valence-electron chi connectivity index (χ3n) is 4.20. The fraction of sp³-hybridized carbons (Fsp3) is 0.238. The molecule has 29 heavy (non-hydrogen) atoms. The smallest absolute Gasteiger partial charge is 0.344 e. The van der Waals surface area contributed by atoms with Gasteiger partial charge in [-0.2, -0.15) is 15.0 Å². The van der Waals surface area contributed by atoms with Crippen LogP contribution in [0.1, 0.15) is 22.5 Å². The SMILES string of the molecule is Cc1ccccc1Nc1nc(N)nc(COC(=O)COc2c(C)cccc2C)n1. The van der Waals surface area contributed by atoms with Gasteiger partial charge >= 0.3 is 5.97 Å². The second-order valence-corrected chi connectivity index (χ2v) is 6.54. The van der Waals surface area contributed by atoms with Crippen molar-refractivity contribution in [2.45, 2.75) is 27.4 Å². The standard InChI is InChI=1S/C21H23N5O3/c1-13-7-4-5-10-16(13)23-21-25-17(24-20(22)26-21)11-28-18(27)12-29-19-14(2)8-6-9-15(19)3/h4-10H,11-12H2,1-3H3,(H3,22,23,24,25,26). The number of nitrogens with one attached hydrogen (secondary N) is 1. The monoisotopic (exact) mass is 393 g/mol. The summed E-state index contributed by atoms with van der Waals surface area (Å²) in [4.78, 5) is 24.4. The lowest BCUT2D eigenvalue weighted by molar-refractivity contribution is -0.147. The summed E-state index contributed by atoms with van der Waals surface area (Å²) >= 11 is 0. The van der Waals surface area contributed by atoms with Crippen LogP contribution in [0.4, 0.5) is 17.6 Å². The van der Waals surface area contributed by atoms with Gasteiger partial charge < -0.3 is 20.5 Å². The van der Waals surface area contributed by atoms with E-state index in [2.05, 4.69) is 20.3 Å². The van der Waals surface area contributed by atoms with Gasteiger partial charge in [-0.3, -0.25) is 0 Å². The Bertz CT molecular complexity index is 1000. The van der Waals surface area contributed by atoms with Gasteiger partial charge in [0, 0.05) is 5.69 Å². The zero-order chi connectivity index (χ0) is 20.8. The fourth-order valence-electron chi connectivity index (χ4n) is 2.74. The van der Waals surface area contributed by atoms with E-state index >= 15 is 0 Å². The van der Waals surface area contributed by atoms with Crippen LogP contribution in [0.25, 0.3) is 0 Å². The number of para-hydroxylation sites is 2. The molecule has 0 spiro atoms. The highest BCUT2D eigenvalue weighted by Crippen LogP contribution is 2.22. The minimum atomic E-state index is -0.528. The van der Waals surface area contributed by atoms with Crippen LogP contribution < -0.4 is 15.8 Å². The molecule has 1 aromatic heterocycles.